The molecule has 0 fully saturated rings. The standard InChI is InChI=1S/C18H15ClFN3O3S/c1-10(16(24)21-13-7-6-11(20)9-12(13)19)26-17(25)15-14-5-3-4-8-23(14)18(22-15)27-2/h3-10H,1-2H3,(H,21,24). The zero-order chi connectivity index (χ0) is 19.6. The second-order valence-corrected chi connectivity index (χ2v) is 6.74. The Morgan fingerprint density at radius 1 is 1.33 bits per heavy atom. The summed E-state index contributed by atoms with van der Waals surface area (Å²) in [6, 6.07) is 8.93. The second kappa shape index (κ2) is 7.98. The van der Waals surface area contributed by atoms with Gasteiger partial charge in [-0.15, -0.1) is 0 Å². The molecule has 27 heavy (non-hydrogen) atoms. The molecule has 2 aromatic heterocycles. The molecule has 6 nitrogen and oxygen atoms in total. The maximum atomic E-state index is 13.1. The van der Waals surface area contributed by atoms with Crippen molar-refractivity contribution in [2.45, 2.75) is 18.2 Å². The fraction of sp³-hybridized carbons (Fsp3) is 0.167. The van der Waals surface area contributed by atoms with Crippen molar-refractivity contribution in [1.82, 2.24) is 9.38 Å². The van der Waals surface area contributed by atoms with Crippen molar-refractivity contribution >= 4 is 46.4 Å². The van der Waals surface area contributed by atoms with Crippen molar-refractivity contribution in [2.75, 3.05) is 11.6 Å². The van der Waals surface area contributed by atoms with Gasteiger partial charge < -0.3 is 10.1 Å². The van der Waals surface area contributed by atoms with Gasteiger partial charge in [0.15, 0.2) is 17.0 Å². The Morgan fingerprint density at radius 3 is 2.81 bits per heavy atom. The first kappa shape index (κ1) is 19.2. The molecule has 1 amide bonds. The Balaban J connectivity index is 1.75. The molecular weight excluding hydrogens is 393 g/mol. The van der Waals surface area contributed by atoms with Gasteiger partial charge in [0, 0.05) is 6.20 Å². The molecule has 0 spiro atoms. The van der Waals surface area contributed by atoms with E-state index >= 15 is 0 Å². The van der Waals surface area contributed by atoms with Crippen LogP contribution in [0, 0.1) is 5.82 Å². The molecule has 3 aromatic rings. The summed E-state index contributed by atoms with van der Waals surface area (Å²) in [7, 11) is 0. The van der Waals surface area contributed by atoms with Crippen LogP contribution in [0.2, 0.25) is 5.02 Å². The number of rotatable bonds is 5. The Hall–Kier alpha value is -2.58. The molecule has 0 radical (unpaired) electrons. The summed E-state index contributed by atoms with van der Waals surface area (Å²) in [6.07, 6.45) is 2.54. The van der Waals surface area contributed by atoms with E-state index in [1.54, 1.807) is 22.7 Å². The van der Waals surface area contributed by atoms with Gasteiger partial charge >= 0.3 is 5.97 Å². The van der Waals surface area contributed by atoms with Gasteiger partial charge in [0.05, 0.1) is 16.2 Å². The molecule has 1 N–H and O–H groups in total. The average molecular weight is 408 g/mol. The second-order valence-electron chi connectivity index (χ2n) is 5.56. The summed E-state index contributed by atoms with van der Waals surface area (Å²) < 4.78 is 20.1. The van der Waals surface area contributed by atoms with Gasteiger partial charge in [-0.1, -0.05) is 29.4 Å². The molecule has 0 bridgehead atoms. The first-order valence-corrected chi connectivity index (χ1v) is 9.49. The van der Waals surface area contributed by atoms with Crippen LogP contribution in [-0.4, -0.2) is 33.6 Å². The normalized spacial score (nSPS) is 12.0. The molecular formula is C18H15ClFN3O3S. The first-order valence-electron chi connectivity index (χ1n) is 7.88. The number of ether oxygens (including phenoxy) is 1. The highest BCUT2D eigenvalue weighted by atomic mass is 35.5. The number of halogens is 2. The number of nitrogens with zero attached hydrogens (tertiary/aromatic N) is 2. The molecule has 140 valence electrons. The minimum atomic E-state index is -1.10. The number of esters is 1. The maximum Gasteiger partial charge on any atom is 0.360 e. The van der Waals surface area contributed by atoms with E-state index in [-0.39, 0.29) is 16.4 Å². The van der Waals surface area contributed by atoms with Crippen molar-refractivity contribution in [3.05, 3.63) is 59.1 Å². The van der Waals surface area contributed by atoms with Crippen LogP contribution in [0.4, 0.5) is 10.1 Å². The minimum Gasteiger partial charge on any atom is -0.448 e. The summed E-state index contributed by atoms with van der Waals surface area (Å²) in [4.78, 5) is 29.1. The van der Waals surface area contributed by atoms with Crippen molar-refractivity contribution in [2.24, 2.45) is 0 Å². The van der Waals surface area contributed by atoms with E-state index in [0.717, 1.165) is 6.07 Å². The van der Waals surface area contributed by atoms with Gasteiger partial charge in [-0.2, -0.15) is 0 Å². The fourth-order valence-corrected chi connectivity index (χ4v) is 3.15. The van der Waals surface area contributed by atoms with E-state index in [4.69, 9.17) is 16.3 Å². The predicted octanol–water partition coefficient (Wildman–Crippen LogP) is 4.03. The highest BCUT2D eigenvalue weighted by Gasteiger charge is 2.24. The molecule has 2 heterocycles. The maximum absolute atomic E-state index is 13.1. The van der Waals surface area contributed by atoms with E-state index in [1.165, 1.54) is 30.8 Å². The average Bonchev–Trinajstić information content (AvgIpc) is 3.03. The summed E-state index contributed by atoms with van der Waals surface area (Å²) in [5, 5.41) is 3.18. The highest BCUT2D eigenvalue weighted by molar-refractivity contribution is 7.98. The number of imidazole rings is 1. The van der Waals surface area contributed by atoms with E-state index in [2.05, 4.69) is 10.3 Å². The summed E-state index contributed by atoms with van der Waals surface area (Å²) in [5.74, 6) is -1.83. The molecule has 0 saturated carbocycles. The largest absolute Gasteiger partial charge is 0.448 e. The molecule has 1 unspecified atom stereocenters. The SMILES string of the molecule is CSc1nc(C(=O)OC(C)C(=O)Nc2ccc(F)cc2Cl)c2ccccn12. The number of anilines is 1. The number of hydrogen-bond donors (Lipinski definition) is 1. The number of pyridine rings is 1. The van der Waals surface area contributed by atoms with Crippen LogP contribution < -0.4 is 5.32 Å². The third-order valence-electron chi connectivity index (χ3n) is 3.73. The lowest BCUT2D eigenvalue weighted by Gasteiger charge is -2.13. The number of thioether (sulfide) groups is 1. The van der Waals surface area contributed by atoms with Gasteiger partial charge in [-0.3, -0.25) is 9.20 Å². The molecule has 0 aliphatic rings. The Bertz CT molecular complexity index is 1020. The third kappa shape index (κ3) is 4.06. The van der Waals surface area contributed by atoms with Crippen molar-refractivity contribution in [3.8, 4) is 0 Å². The Morgan fingerprint density at radius 2 is 2.11 bits per heavy atom. The van der Waals surface area contributed by atoms with Crippen LogP contribution in [0.3, 0.4) is 0 Å². The lowest BCUT2D eigenvalue weighted by molar-refractivity contribution is -0.123. The number of carbonyl (C=O) groups excluding carboxylic acids is 2. The van der Waals surface area contributed by atoms with Gasteiger partial charge in [0.2, 0.25) is 0 Å². The molecule has 0 aliphatic carbocycles. The Kier molecular flexibility index (Phi) is 5.67. The predicted molar refractivity (Wildman–Crippen MR) is 102 cm³/mol. The zero-order valence-electron chi connectivity index (χ0n) is 14.4. The Labute approximate surface area is 163 Å². The number of fused-ring (bicyclic) bond motifs is 1. The molecule has 0 aliphatic heterocycles. The summed E-state index contributed by atoms with van der Waals surface area (Å²) in [6.45, 7) is 1.43. The number of carbonyl (C=O) groups is 2. The van der Waals surface area contributed by atoms with E-state index in [1.807, 2.05) is 12.3 Å². The molecule has 1 atom stereocenters. The number of nitrogens with one attached hydrogen (secondary N) is 1. The van der Waals surface area contributed by atoms with Crippen LogP contribution in [0.1, 0.15) is 17.4 Å². The molecule has 3 rings (SSSR count). The lowest BCUT2D eigenvalue weighted by atomic mass is 10.3. The fourth-order valence-electron chi connectivity index (χ4n) is 2.40. The lowest BCUT2D eigenvalue weighted by Crippen LogP contribution is -2.30. The van der Waals surface area contributed by atoms with Gasteiger partial charge in [0.25, 0.3) is 5.91 Å². The summed E-state index contributed by atoms with van der Waals surface area (Å²) >= 11 is 7.27. The smallest absolute Gasteiger partial charge is 0.360 e. The van der Waals surface area contributed by atoms with E-state index in [0.29, 0.717) is 10.7 Å². The van der Waals surface area contributed by atoms with Crippen LogP contribution in [0.25, 0.3) is 5.52 Å². The monoisotopic (exact) mass is 407 g/mol. The first-order chi connectivity index (χ1) is 12.9. The van der Waals surface area contributed by atoms with Crippen LogP contribution in [0.5, 0.6) is 0 Å². The highest BCUT2D eigenvalue weighted by Crippen LogP contribution is 2.23. The minimum absolute atomic E-state index is 0.0478. The number of benzene rings is 1. The van der Waals surface area contributed by atoms with Crippen LogP contribution >= 0.6 is 23.4 Å². The van der Waals surface area contributed by atoms with E-state index < -0.39 is 23.8 Å². The van der Waals surface area contributed by atoms with Gasteiger partial charge in [0.1, 0.15) is 5.82 Å². The number of amides is 1. The van der Waals surface area contributed by atoms with Crippen LogP contribution in [0.15, 0.2) is 47.8 Å². The van der Waals surface area contributed by atoms with Gasteiger partial charge in [-0.05, 0) is 43.5 Å². The summed E-state index contributed by atoms with van der Waals surface area (Å²) in [5.41, 5.74) is 0.934. The quantitative estimate of drug-likeness (QED) is 0.510. The molecule has 0 saturated heterocycles. The number of hydrogen-bond acceptors (Lipinski definition) is 5. The number of aromatic nitrogens is 2. The zero-order valence-corrected chi connectivity index (χ0v) is 16.0. The van der Waals surface area contributed by atoms with Crippen molar-refractivity contribution in [3.63, 3.8) is 0 Å². The van der Waals surface area contributed by atoms with Gasteiger partial charge in [-0.25, -0.2) is 14.2 Å². The van der Waals surface area contributed by atoms with Crippen LogP contribution in [-0.2, 0) is 9.53 Å². The van der Waals surface area contributed by atoms with E-state index in [9.17, 15) is 14.0 Å². The third-order valence-corrected chi connectivity index (χ3v) is 4.70. The van der Waals surface area contributed by atoms with Crippen molar-refractivity contribution < 1.29 is 18.7 Å². The molecule has 1 aromatic carbocycles. The van der Waals surface area contributed by atoms with Crippen molar-refractivity contribution in [1.29, 1.82) is 0 Å². The topological polar surface area (TPSA) is 72.7 Å². The molecule has 9 heteroatoms.